The number of hydrogen-bond acceptors (Lipinski definition) is 2. The summed E-state index contributed by atoms with van der Waals surface area (Å²) in [4.78, 5) is 23.0. The summed E-state index contributed by atoms with van der Waals surface area (Å²) in [5.74, 6) is -1.65. The van der Waals surface area contributed by atoms with Crippen molar-refractivity contribution >= 4 is 11.9 Å². The van der Waals surface area contributed by atoms with Crippen molar-refractivity contribution < 1.29 is 14.7 Å². The molecule has 4 nitrogen and oxygen atoms in total. The number of amides is 1. The van der Waals surface area contributed by atoms with Crippen LogP contribution in [0.15, 0.2) is 0 Å². The summed E-state index contributed by atoms with van der Waals surface area (Å²) in [6.07, 6.45) is 0. The van der Waals surface area contributed by atoms with Gasteiger partial charge >= 0.3 is 5.97 Å². The van der Waals surface area contributed by atoms with E-state index in [4.69, 9.17) is 5.11 Å². The third-order valence-corrected chi connectivity index (χ3v) is 3.11. The lowest BCUT2D eigenvalue weighted by atomic mass is 9.80. The standard InChI is InChI=1S/C13H25NO3/c1-8(2)9(3)7-14-11(15)10(12(16)17)13(4,5)6/h8-10H,7H2,1-6H3,(H,14,15)(H,16,17). The molecule has 0 aliphatic heterocycles. The molecule has 0 aromatic heterocycles. The molecule has 4 heteroatoms. The van der Waals surface area contributed by atoms with E-state index in [2.05, 4.69) is 19.2 Å². The predicted octanol–water partition coefficient (Wildman–Crippen LogP) is 2.14. The van der Waals surface area contributed by atoms with Crippen molar-refractivity contribution in [1.82, 2.24) is 5.32 Å². The molecule has 0 saturated heterocycles. The molecule has 0 fully saturated rings. The highest BCUT2D eigenvalue weighted by Gasteiger charge is 2.37. The zero-order valence-electron chi connectivity index (χ0n) is 11.7. The van der Waals surface area contributed by atoms with Crippen molar-refractivity contribution in [2.75, 3.05) is 6.54 Å². The van der Waals surface area contributed by atoms with E-state index in [1.807, 2.05) is 6.92 Å². The number of rotatable bonds is 5. The number of nitrogens with one attached hydrogen (secondary N) is 1. The van der Waals surface area contributed by atoms with Gasteiger partial charge in [0, 0.05) is 6.54 Å². The first-order valence-corrected chi connectivity index (χ1v) is 6.08. The monoisotopic (exact) mass is 243 g/mol. The first-order valence-electron chi connectivity index (χ1n) is 6.08. The van der Waals surface area contributed by atoms with E-state index in [1.165, 1.54) is 0 Å². The van der Waals surface area contributed by atoms with Gasteiger partial charge in [-0.05, 0) is 17.3 Å². The molecule has 1 amide bonds. The zero-order chi connectivity index (χ0) is 13.8. The lowest BCUT2D eigenvalue weighted by Crippen LogP contribution is -2.44. The summed E-state index contributed by atoms with van der Waals surface area (Å²) in [5.41, 5.74) is -0.572. The molecule has 17 heavy (non-hydrogen) atoms. The Kier molecular flexibility index (Phi) is 5.66. The average Bonchev–Trinajstić information content (AvgIpc) is 2.10. The fraction of sp³-hybridized carbons (Fsp3) is 0.846. The molecule has 0 aliphatic carbocycles. The van der Waals surface area contributed by atoms with Crippen molar-refractivity contribution in [1.29, 1.82) is 0 Å². The van der Waals surface area contributed by atoms with Crippen LogP contribution in [0.25, 0.3) is 0 Å². The summed E-state index contributed by atoms with van der Waals surface area (Å²) in [5, 5.41) is 11.8. The molecule has 0 heterocycles. The molecule has 0 radical (unpaired) electrons. The molecule has 2 unspecified atom stereocenters. The molecule has 0 rings (SSSR count). The maximum absolute atomic E-state index is 11.9. The normalized spacial score (nSPS) is 15.5. The smallest absolute Gasteiger partial charge is 0.316 e. The highest BCUT2D eigenvalue weighted by molar-refractivity contribution is 5.97. The topological polar surface area (TPSA) is 66.4 Å². The van der Waals surface area contributed by atoms with Gasteiger partial charge in [-0.1, -0.05) is 41.5 Å². The van der Waals surface area contributed by atoms with Gasteiger partial charge in [-0.2, -0.15) is 0 Å². The van der Waals surface area contributed by atoms with Crippen LogP contribution in [-0.2, 0) is 9.59 Å². The van der Waals surface area contributed by atoms with Crippen molar-refractivity contribution in [2.24, 2.45) is 23.2 Å². The first kappa shape index (κ1) is 15.9. The molecule has 2 N–H and O–H groups in total. The fourth-order valence-corrected chi connectivity index (χ4v) is 1.48. The maximum atomic E-state index is 11.9. The first-order chi connectivity index (χ1) is 7.57. The summed E-state index contributed by atoms with van der Waals surface area (Å²) < 4.78 is 0. The summed E-state index contributed by atoms with van der Waals surface area (Å²) in [7, 11) is 0. The van der Waals surface area contributed by atoms with Crippen LogP contribution in [0.4, 0.5) is 0 Å². The SMILES string of the molecule is CC(C)C(C)CNC(=O)C(C(=O)O)C(C)(C)C. The quantitative estimate of drug-likeness (QED) is 0.727. The minimum Gasteiger partial charge on any atom is -0.481 e. The Labute approximate surface area is 104 Å². The second-order valence-corrected chi connectivity index (χ2v) is 6.10. The number of carboxylic acid groups (broad SMARTS) is 1. The van der Waals surface area contributed by atoms with Crippen LogP contribution in [0.1, 0.15) is 41.5 Å². The van der Waals surface area contributed by atoms with Gasteiger partial charge in [0.25, 0.3) is 0 Å². The highest BCUT2D eigenvalue weighted by Crippen LogP contribution is 2.26. The van der Waals surface area contributed by atoms with E-state index in [0.717, 1.165) is 0 Å². The lowest BCUT2D eigenvalue weighted by Gasteiger charge is -2.27. The largest absolute Gasteiger partial charge is 0.481 e. The molecule has 0 aromatic rings. The van der Waals surface area contributed by atoms with Crippen LogP contribution in [0.3, 0.4) is 0 Å². The van der Waals surface area contributed by atoms with Crippen molar-refractivity contribution in [3.8, 4) is 0 Å². The molecular weight excluding hydrogens is 218 g/mol. The minimum absolute atomic E-state index is 0.341. The molecule has 0 bridgehead atoms. The minimum atomic E-state index is -1.06. The van der Waals surface area contributed by atoms with Crippen LogP contribution >= 0.6 is 0 Å². The van der Waals surface area contributed by atoms with Gasteiger partial charge in [-0.15, -0.1) is 0 Å². The predicted molar refractivity (Wildman–Crippen MR) is 67.6 cm³/mol. The van der Waals surface area contributed by atoms with E-state index >= 15 is 0 Å². The van der Waals surface area contributed by atoms with E-state index in [0.29, 0.717) is 18.4 Å². The Morgan fingerprint density at radius 2 is 1.65 bits per heavy atom. The van der Waals surface area contributed by atoms with Crippen molar-refractivity contribution in [2.45, 2.75) is 41.5 Å². The van der Waals surface area contributed by atoms with E-state index in [9.17, 15) is 9.59 Å². The summed E-state index contributed by atoms with van der Waals surface area (Å²) in [6, 6.07) is 0. The number of carboxylic acids is 1. The number of carbonyl (C=O) groups excluding carboxylic acids is 1. The van der Waals surface area contributed by atoms with Gasteiger partial charge in [0.05, 0.1) is 0 Å². The zero-order valence-corrected chi connectivity index (χ0v) is 11.7. The van der Waals surface area contributed by atoms with E-state index < -0.39 is 23.2 Å². The maximum Gasteiger partial charge on any atom is 0.316 e. The Morgan fingerprint density at radius 3 is 1.94 bits per heavy atom. The number of carbonyl (C=O) groups is 2. The Hall–Kier alpha value is -1.06. The molecule has 0 saturated carbocycles. The number of hydrogen-bond donors (Lipinski definition) is 2. The van der Waals surface area contributed by atoms with E-state index in [1.54, 1.807) is 20.8 Å². The molecular formula is C13H25NO3. The third kappa shape index (κ3) is 5.20. The van der Waals surface area contributed by atoms with Crippen LogP contribution < -0.4 is 5.32 Å². The molecule has 0 aromatic carbocycles. The van der Waals surface area contributed by atoms with Crippen LogP contribution in [-0.4, -0.2) is 23.5 Å². The highest BCUT2D eigenvalue weighted by atomic mass is 16.4. The lowest BCUT2D eigenvalue weighted by molar-refractivity contribution is -0.151. The molecule has 100 valence electrons. The second-order valence-electron chi connectivity index (χ2n) is 6.10. The number of aliphatic carboxylic acids is 1. The van der Waals surface area contributed by atoms with Gasteiger partial charge in [-0.3, -0.25) is 9.59 Å². The van der Waals surface area contributed by atoms with Gasteiger partial charge in [0.1, 0.15) is 5.92 Å². The van der Waals surface area contributed by atoms with Gasteiger partial charge in [-0.25, -0.2) is 0 Å². The van der Waals surface area contributed by atoms with Crippen molar-refractivity contribution in [3.05, 3.63) is 0 Å². The fourth-order valence-electron chi connectivity index (χ4n) is 1.48. The van der Waals surface area contributed by atoms with Crippen LogP contribution in [0.2, 0.25) is 0 Å². The Balaban J connectivity index is 4.52. The molecule has 0 spiro atoms. The Morgan fingerprint density at radius 1 is 1.18 bits per heavy atom. The summed E-state index contributed by atoms with van der Waals surface area (Å²) >= 11 is 0. The Bertz CT molecular complexity index is 279. The molecule has 2 atom stereocenters. The van der Waals surface area contributed by atoms with E-state index in [-0.39, 0.29) is 0 Å². The van der Waals surface area contributed by atoms with Gasteiger partial charge in [0.15, 0.2) is 0 Å². The summed E-state index contributed by atoms with van der Waals surface area (Å²) in [6.45, 7) is 12.0. The van der Waals surface area contributed by atoms with Gasteiger partial charge < -0.3 is 10.4 Å². The van der Waals surface area contributed by atoms with Crippen LogP contribution in [0, 0.1) is 23.2 Å². The average molecular weight is 243 g/mol. The third-order valence-electron chi connectivity index (χ3n) is 3.11. The second kappa shape index (κ2) is 6.03. The molecule has 0 aliphatic rings. The van der Waals surface area contributed by atoms with Crippen molar-refractivity contribution in [3.63, 3.8) is 0 Å². The van der Waals surface area contributed by atoms with Gasteiger partial charge in [0.2, 0.25) is 5.91 Å². The van der Waals surface area contributed by atoms with Crippen LogP contribution in [0.5, 0.6) is 0 Å².